The number of hydrogen-bond acceptors (Lipinski definition) is 7. The number of imidazole rings is 1. The Morgan fingerprint density at radius 3 is 2.74 bits per heavy atom. The molecule has 2 aromatic rings. The number of ether oxygens (including phenoxy) is 1. The van der Waals surface area contributed by atoms with E-state index in [1.54, 1.807) is 0 Å². The molecule has 0 aromatic carbocycles. The number of nitrogens with zero attached hydrogens (tertiary/aromatic N) is 4. The van der Waals surface area contributed by atoms with Gasteiger partial charge in [-0.3, -0.25) is 0 Å². The Hall–Kier alpha value is -2.15. The first-order chi connectivity index (χ1) is 10.7. The highest BCUT2D eigenvalue weighted by atomic mass is 19.1. The maximum Gasteiger partial charge on any atom is 0.312 e. The average Bonchev–Trinajstić information content (AvgIpc) is 2.82. The topological polar surface area (TPSA) is 119 Å². The zero-order valence-corrected chi connectivity index (χ0v) is 12.1. The summed E-state index contributed by atoms with van der Waals surface area (Å²) >= 11 is 0. The summed E-state index contributed by atoms with van der Waals surface area (Å²) in [5.41, 5.74) is 3.58. The number of hydrogen-bond donors (Lipinski definition) is 3. The molecule has 8 nitrogen and oxygen atoms in total. The third-order valence-corrected chi connectivity index (χ3v) is 3.43. The number of aliphatic hydroxyl groups is 2. The Balaban J connectivity index is 2.44. The molecule has 2 aromatic heterocycles. The summed E-state index contributed by atoms with van der Waals surface area (Å²) in [5, 5.41) is 17.7. The zero-order chi connectivity index (χ0) is 17.4. The molecule has 4 N–H and O–H groups in total. The van der Waals surface area contributed by atoms with E-state index in [0.29, 0.717) is 0 Å². The Labute approximate surface area is 133 Å². The maximum absolute atomic E-state index is 13.3. The molecular weight excluding hydrogens is 303 g/mol. The van der Waals surface area contributed by atoms with E-state index in [1.807, 2.05) is 0 Å². The van der Waals surface area contributed by atoms with Crippen molar-refractivity contribution in [2.75, 3.05) is 12.8 Å². The second-order valence-corrected chi connectivity index (χ2v) is 4.87. The van der Waals surface area contributed by atoms with Crippen LogP contribution in [-0.2, 0) is 11.3 Å². The van der Waals surface area contributed by atoms with Crippen LogP contribution in [0.3, 0.4) is 0 Å². The van der Waals surface area contributed by atoms with Crippen molar-refractivity contribution >= 4 is 32.7 Å². The van der Waals surface area contributed by atoms with E-state index in [-0.39, 0.29) is 23.5 Å². The van der Waals surface area contributed by atoms with Gasteiger partial charge in [0.15, 0.2) is 17.1 Å². The van der Waals surface area contributed by atoms with Crippen molar-refractivity contribution in [3.8, 4) is 12.3 Å². The summed E-state index contributed by atoms with van der Waals surface area (Å²) in [6.07, 6.45) is 3.91. The van der Waals surface area contributed by atoms with E-state index in [2.05, 4.69) is 20.9 Å². The zero-order valence-electron chi connectivity index (χ0n) is 12.1. The second kappa shape index (κ2) is 5.81. The maximum atomic E-state index is 13.3. The molecule has 2 heterocycles. The van der Waals surface area contributed by atoms with Crippen LogP contribution in [0, 0.1) is 18.4 Å². The van der Waals surface area contributed by atoms with Crippen molar-refractivity contribution in [2.24, 2.45) is 0 Å². The lowest BCUT2D eigenvalue weighted by Gasteiger charge is -2.42. The molecule has 2 atom stereocenters. The van der Waals surface area contributed by atoms with Crippen LogP contribution < -0.4 is 5.73 Å². The molecule has 0 bridgehead atoms. The first kappa shape index (κ1) is 17.2. The van der Waals surface area contributed by atoms with Crippen LogP contribution in [0.2, 0.25) is 0 Å². The quantitative estimate of drug-likeness (QED) is 0.329. The lowest BCUT2D eigenvalue weighted by atomic mass is 9.54. The molecule has 0 spiro atoms. The van der Waals surface area contributed by atoms with E-state index in [4.69, 9.17) is 32.6 Å². The third-order valence-electron chi connectivity index (χ3n) is 3.43. The number of fused-ring (bicyclic) bond motifs is 1. The van der Waals surface area contributed by atoms with Crippen molar-refractivity contribution in [2.45, 2.75) is 23.6 Å². The molecule has 0 aliphatic carbocycles. The highest BCUT2D eigenvalue weighted by Crippen LogP contribution is 2.27. The molecule has 0 saturated heterocycles. The van der Waals surface area contributed by atoms with Crippen LogP contribution in [0.5, 0.6) is 0 Å². The molecule has 116 valence electrons. The molecule has 0 amide bonds. The number of anilines is 1. The highest BCUT2D eigenvalue weighted by molar-refractivity contribution is 6.40. The molecule has 2 rings (SSSR count). The van der Waals surface area contributed by atoms with Gasteiger partial charge in [0, 0.05) is 12.5 Å². The molecule has 23 heavy (non-hydrogen) atoms. The van der Waals surface area contributed by atoms with Gasteiger partial charge in [-0.05, 0) is 0 Å². The van der Waals surface area contributed by atoms with E-state index >= 15 is 0 Å². The van der Waals surface area contributed by atoms with Gasteiger partial charge in [-0.2, -0.15) is 14.4 Å². The number of nitrogen functional groups attached to an aromatic ring is 1. The Morgan fingerprint density at radius 1 is 1.57 bits per heavy atom. The average molecular weight is 315 g/mol. The van der Waals surface area contributed by atoms with E-state index in [0.717, 1.165) is 7.11 Å². The lowest BCUT2D eigenvalue weighted by Crippen LogP contribution is -2.63. The first-order valence-electron chi connectivity index (χ1n) is 6.31. The van der Waals surface area contributed by atoms with Gasteiger partial charge in [-0.1, -0.05) is 5.92 Å². The van der Waals surface area contributed by atoms with Crippen LogP contribution in [0.4, 0.5) is 10.2 Å². The summed E-state index contributed by atoms with van der Waals surface area (Å²) in [6.45, 7) is -0.304. The van der Waals surface area contributed by atoms with Gasteiger partial charge in [-0.15, -0.1) is 6.42 Å². The number of aliphatic hydroxyl groups excluding tert-OH is 1. The third kappa shape index (κ3) is 2.76. The van der Waals surface area contributed by atoms with Crippen molar-refractivity contribution in [1.29, 1.82) is 0 Å². The Kier molecular flexibility index (Phi) is 4.34. The van der Waals surface area contributed by atoms with Crippen LogP contribution in [-0.4, -0.2) is 69.6 Å². The molecule has 1 unspecified atom stereocenters. The highest BCUT2D eigenvalue weighted by Gasteiger charge is 2.48. The van der Waals surface area contributed by atoms with Crippen LogP contribution >= 0.6 is 0 Å². The van der Waals surface area contributed by atoms with Gasteiger partial charge >= 0.3 is 6.08 Å². The number of aromatic nitrogens is 4. The van der Waals surface area contributed by atoms with Crippen molar-refractivity contribution in [3.63, 3.8) is 0 Å². The number of nitrogens with two attached hydrogens (primary N) is 1. The van der Waals surface area contributed by atoms with Gasteiger partial charge < -0.3 is 25.3 Å². The van der Waals surface area contributed by atoms with Crippen molar-refractivity contribution < 1.29 is 19.3 Å². The fraction of sp³-hybridized carbons (Fsp3) is 0.417. The number of terminal acetylenes is 1. The predicted octanol–water partition coefficient (Wildman–Crippen LogP) is -2.09. The van der Waals surface area contributed by atoms with Gasteiger partial charge in [0.05, 0.1) is 12.9 Å². The largest absolute Gasteiger partial charge is 0.405 e. The minimum absolute atomic E-state index is 0.0219. The SMILES string of the molecule is [B]C([B])(O)C(C#C)(OC)[C@@H](O)Cn1cnc2c(N)nc(F)nc21. The molecule has 4 radical (unpaired) electrons. The summed E-state index contributed by atoms with van der Waals surface area (Å²) < 4.78 is 19.5. The normalized spacial score (nSPS) is 16.0. The predicted molar refractivity (Wildman–Crippen MR) is 80.7 cm³/mol. The van der Waals surface area contributed by atoms with E-state index < -0.39 is 23.2 Å². The van der Waals surface area contributed by atoms with Gasteiger partial charge in [0.25, 0.3) is 0 Å². The second-order valence-electron chi connectivity index (χ2n) is 4.87. The fourth-order valence-corrected chi connectivity index (χ4v) is 2.22. The number of halogens is 1. The van der Waals surface area contributed by atoms with Crippen LogP contribution in [0.15, 0.2) is 6.33 Å². The molecule has 0 saturated carbocycles. The van der Waals surface area contributed by atoms with Crippen LogP contribution in [0.25, 0.3) is 11.2 Å². The Bertz CT molecular complexity index is 772. The monoisotopic (exact) mass is 315 g/mol. The van der Waals surface area contributed by atoms with Crippen molar-refractivity contribution in [1.82, 2.24) is 19.5 Å². The summed E-state index contributed by atoms with van der Waals surface area (Å²) in [5.74, 6) is 1.89. The molecule has 11 heteroatoms. The molecule has 0 aliphatic rings. The van der Waals surface area contributed by atoms with Gasteiger partial charge in [-0.25, -0.2) is 4.98 Å². The molecule has 0 fully saturated rings. The fourth-order valence-electron chi connectivity index (χ4n) is 2.22. The van der Waals surface area contributed by atoms with Crippen LogP contribution in [0.1, 0.15) is 0 Å². The molecular formula is C12H12B2FN5O3. The summed E-state index contributed by atoms with van der Waals surface area (Å²) in [7, 11) is 11.9. The lowest BCUT2D eigenvalue weighted by molar-refractivity contribution is -0.123. The summed E-state index contributed by atoms with van der Waals surface area (Å²) in [6, 6.07) is 0. The summed E-state index contributed by atoms with van der Waals surface area (Å²) in [4.78, 5) is 10.8. The number of rotatable bonds is 5. The smallest absolute Gasteiger partial charge is 0.312 e. The molecule has 0 aliphatic heterocycles. The minimum Gasteiger partial charge on any atom is -0.405 e. The number of methoxy groups -OCH3 is 1. The van der Waals surface area contributed by atoms with E-state index in [9.17, 15) is 14.6 Å². The first-order valence-corrected chi connectivity index (χ1v) is 6.31. The minimum atomic E-state index is -2.54. The standard InChI is InChI=1S/C12H12B2FN5O3/c1-3-11(23-2,12(13,14)22)6(21)4-20-5-17-7-8(16)18-10(15)19-9(7)20/h1,5-6,21-22H,4H2,2H3,(H2,16,18,19)/t6-,11?/m0/s1. The van der Waals surface area contributed by atoms with Crippen molar-refractivity contribution in [3.05, 3.63) is 12.4 Å². The Morgan fingerprint density at radius 2 is 2.22 bits per heavy atom. The van der Waals surface area contributed by atoms with E-state index in [1.165, 1.54) is 10.9 Å². The van der Waals surface area contributed by atoms with Gasteiger partial charge in [0.2, 0.25) is 0 Å². The van der Waals surface area contributed by atoms with Gasteiger partial charge in [0.1, 0.15) is 27.3 Å².